The van der Waals surface area contributed by atoms with Crippen molar-refractivity contribution in [2.24, 2.45) is 5.92 Å². The molecular weight excluding hydrogens is 254 g/mol. The largest absolute Gasteiger partial charge is 0.495 e. The Labute approximate surface area is 120 Å². The molecule has 0 aliphatic carbocycles. The molecule has 5 heteroatoms. The number of nitrogens with two attached hydrogens (primary N) is 1. The van der Waals surface area contributed by atoms with Crippen molar-refractivity contribution in [2.75, 3.05) is 39.5 Å². The monoisotopic (exact) mass is 277 g/mol. The van der Waals surface area contributed by atoms with E-state index in [1.807, 2.05) is 0 Å². The molecule has 0 atom stereocenters. The van der Waals surface area contributed by atoms with Crippen LogP contribution in [0.2, 0.25) is 0 Å². The van der Waals surface area contributed by atoms with Crippen LogP contribution < -0.4 is 15.8 Å². The molecule has 0 aromatic heterocycles. The molecule has 0 radical (unpaired) electrons. The van der Waals surface area contributed by atoms with Crippen LogP contribution in [0.4, 0.5) is 5.69 Å². The van der Waals surface area contributed by atoms with Crippen LogP contribution in [0.1, 0.15) is 23.2 Å². The molecule has 0 unspecified atom stereocenters. The van der Waals surface area contributed by atoms with Gasteiger partial charge in [-0.05, 0) is 51.0 Å². The molecule has 1 aromatic carbocycles. The fourth-order valence-electron chi connectivity index (χ4n) is 2.52. The highest BCUT2D eigenvalue weighted by atomic mass is 16.5. The Morgan fingerprint density at radius 3 is 2.80 bits per heavy atom. The topological polar surface area (TPSA) is 67.6 Å². The van der Waals surface area contributed by atoms with E-state index in [9.17, 15) is 4.79 Å². The third-order valence-corrected chi connectivity index (χ3v) is 3.92. The van der Waals surface area contributed by atoms with Crippen molar-refractivity contribution in [3.05, 3.63) is 23.8 Å². The molecule has 1 amide bonds. The van der Waals surface area contributed by atoms with Gasteiger partial charge >= 0.3 is 0 Å². The van der Waals surface area contributed by atoms with Gasteiger partial charge in [-0.25, -0.2) is 0 Å². The Morgan fingerprint density at radius 2 is 2.15 bits per heavy atom. The number of hydrogen-bond acceptors (Lipinski definition) is 4. The quantitative estimate of drug-likeness (QED) is 0.815. The normalized spacial score (nSPS) is 16.9. The number of carbonyl (C=O) groups excluding carboxylic acids is 1. The van der Waals surface area contributed by atoms with Crippen LogP contribution in [0.3, 0.4) is 0 Å². The van der Waals surface area contributed by atoms with Gasteiger partial charge in [-0.1, -0.05) is 6.07 Å². The predicted octanol–water partition coefficient (Wildman–Crippen LogP) is 1.35. The summed E-state index contributed by atoms with van der Waals surface area (Å²) in [5.74, 6) is 0.972. The Kier molecular flexibility index (Phi) is 4.84. The van der Waals surface area contributed by atoms with Crippen LogP contribution in [0.15, 0.2) is 18.2 Å². The van der Waals surface area contributed by atoms with Gasteiger partial charge in [-0.2, -0.15) is 0 Å². The molecule has 1 aliphatic heterocycles. The first-order valence-electron chi connectivity index (χ1n) is 7.01. The van der Waals surface area contributed by atoms with E-state index >= 15 is 0 Å². The zero-order valence-corrected chi connectivity index (χ0v) is 12.2. The van der Waals surface area contributed by atoms with Crippen LogP contribution in [0.25, 0.3) is 0 Å². The van der Waals surface area contributed by atoms with Gasteiger partial charge in [0.25, 0.3) is 5.91 Å². The minimum absolute atomic E-state index is 0.125. The van der Waals surface area contributed by atoms with Gasteiger partial charge in [0.1, 0.15) is 5.75 Å². The van der Waals surface area contributed by atoms with E-state index in [-0.39, 0.29) is 5.91 Å². The molecule has 0 saturated carbocycles. The molecule has 0 spiro atoms. The van der Waals surface area contributed by atoms with E-state index in [4.69, 9.17) is 10.5 Å². The molecule has 1 aromatic rings. The van der Waals surface area contributed by atoms with E-state index in [0.29, 0.717) is 29.5 Å². The Hall–Kier alpha value is -1.75. The van der Waals surface area contributed by atoms with Crippen LogP contribution in [-0.2, 0) is 0 Å². The molecular formula is C15H23N3O2. The average Bonchev–Trinajstić information content (AvgIpc) is 2.46. The van der Waals surface area contributed by atoms with Gasteiger partial charge in [-0.3, -0.25) is 4.79 Å². The molecule has 2 rings (SSSR count). The van der Waals surface area contributed by atoms with Gasteiger partial charge in [0.15, 0.2) is 0 Å². The summed E-state index contributed by atoms with van der Waals surface area (Å²) in [6.45, 7) is 2.91. The SMILES string of the molecule is COc1cccc(C(=O)NCC2CCN(C)CC2)c1N. The van der Waals surface area contributed by atoms with E-state index < -0.39 is 0 Å². The second kappa shape index (κ2) is 6.61. The summed E-state index contributed by atoms with van der Waals surface area (Å²) < 4.78 is 5.13. The number of nitrogen functional groups attached to an aromatic ring is 1. The van der Waals surface area contributed by atoms with Crippen molar-refractivity contribution in [3.63, 3.8) is 0 Å². The summed E-state index contributed by atoms with van der Waals surface area (Å²) in [5, 5.41) is 2.98. The van der Waals surface area contributed by atoms with E-state index in [1.165, 1.54) is 0 Å². The minimum atomic E-state index is -0.125. The Bertz CT molecular complexity index is 468. The van der Waals surface area contributed by atoms with Crippen molar-refractivity contribution in [1.29, 1.82) is 0 Å². The fourth-order valence-corrected chi connectivity index (χ4v) is 2.52. The summed E-state index contributed by atoms with van der Waals surface area (Å²) in [5.41, 5.74) is 6.81. The zero-order chi connectivity index (χ0) is 14.5. The first-order valence-corrected chi connectivity index (χ1v) is 7.01. The summed E-state index contributed by atoms with van der Waals surface area (Å²) in [4.78, 5) is 14.5. The maximum atomic E-state index is 12.2. The van der Waals surface area contributed by atoms with E-state index in [1.54, 1.807) is 25.3 Å². The van der Waals surface area contributed by atoms with Gasteiger partial charge in [0.05, 0.1) is 18.4 Å². The number of carbonyl (C=O) groups is 1. The third-order valence-electron chi connectivity index (χ3n) is 3.92. The second-order valence-electron chi connectivity index (χ2n) is 5.38. The highest BCUT2D eigenvalue weighted by Crippen LogP contribution is 2.24. The van der Waals surface area contributed by atoms with Crippen LogP contribution in [-0.4, -0.2) is 44.6 Å². The second-order valence-corrected chi connectivity index (χ2v) is 5.38. The zero-order valence-electron chi connectivity index (χ0n) is 12.2. The first kappa shape index (κ1) is 14.7. The summed E-state index contributed by atoms with van der Waals surface area (Å²) in [7, 11) is 3.68. The van der Waals surface area contributed by atoms with Gasteiger partial charge < -0.3 is 20.7 Å². The fraction of sp³-hybridized carbons (Fsp3) is 0.533. The van der Waals surface area contributed by atoms with Crippen molar-refractivity contribution in [3.8, 4) is 5.75 Å². The number of hydrogen-bond donors (Lipinski definition) is 2. The van der Waals surface area contributed by atoms with E-state index in [2.05, 4.69) is 17.3 Å². The first-order chi connectivity index (χ1) is 9.61. The summed E-state index contributed by atoms with van der Waals surface area (Å²) >= 11 is 0. The molecule has 0 bridgehead atoms. The van der Waals surface area contributed by atoms with Gasteiger partial charge in [0.2, 0.25) is 0 Å². The van der Waals surface area contributed by atoms with Crippen LogP contribution in [0, 0.1) is 5.92 Å². The average molecular weight is 277 g/mol. The minimum Gasteiger partial charge on any atom is -0.495 e. The molecule has 20 heavy (non-hydrogen) atoms. The standard InChI is InChI=1S/C15H23N3O2/c1-18-8-6-11(7-9-18)10-17-15(19)12-4-3-5-13(20-2)14(12)16/h3-5,11H,6-10,16H2,1-2H3,(H,17,19). The van der Waals surface area contributed by atoms with Crippen LogP contribution in [0.5, 0.6) is 5.75 Å². The number of likely N-dealkylation sites (tertiary alicyclic amines) is 1. The number of nitrogens with one attached hydrogen (secondary N) is 1. The van der Waals surface area contributed by atoms with Crippen LogP contribution >= 0.6 is 0 Å². The van der Waals surface area contributed by atoms with Gasteiger partial charge in [-0.15, -0.1) is 0 Å². The van der Waals surface area contributed by atoms with Gasteiger partial charge in [0, 0.05) is 6.54 Å². The number of rotatable bonds is 4. The highest BCUT2D eigenvalue weighted by Gasteiger charge is 2.18. The number of anilines is 1. The molecule has 3 N–H and O–H groups in total. The summed E-state index contributed by atoms with van der Waals surface area (Å²) in [6.07, 6.45) is 2.26. The lowest BCUT2D eigenvalue weighted by molar-refractivity contribution is 0.0939. The Balaban J connectivity index is 1.92. The lowest BCUT2D eigenvalue weighted by atomic mass is 9.97. The molecule has 5 nitrogen and oxygen atoms in total. The predicted molar refractivity (Wildman–Crippen MR) is 80.0 cm³/mol. The maximum Gasteiger partial charge on any atom is 0.253 e. The Morgan fingerprint density at radius 1 is 1.45 bits per heavy atom. The maximum absolute atomic E-state index is 12.2. The van der Waals surface area contributed by atoms with Crippen molar-refractivity contribution in [2.45, 2.75) is 12.8 Å². The lowest BCUT2D eigenvalue weighted by Gasteiger charge is -2.29. The smallest absolute Gasteiger partial charge is 0.253 e. The van der Waals surface area contributed by atoms with Crippen molar-refractivity contribution < 1.29 is 9.53 Å². The number of piperidine rings is 1. The number of ether oxygens (including phenoxy) is 1. The molecule has 1 fully saturated rings. The van der Waals surface area contributed by atoms with Crippen molar-refractivity contribution in [1.82, 2.24) is 10.2 Å². The number of methoxy groups -OCH3 is 1. The summed E-state index contributed by atoms with van der Waals surface area (Å²) in [6, 6.07) is 5.25. The van der Waals surface area contributed by atoms with E-state index in [0.717, 1.165) is 25.9 Å². The number of amides is 1. The molecule has 1 heterocycles. The number of nitrogens with zero attached hydrogens (tertiary/aromatic N) is 1. The third kappa shape index (κ3) is 3.42. The van der Waals surface area contributed by atoms with Crippen molar-refractivity contribution >= 4 is 11.6 Å². The number of benzene rings is 1. The molecule has 110 valence electrons. The lowest BCUT2D eigenvalue weighted by Crippen LogP contribution is -2.37. The number of para-hydroxylation sites is 1. The molecule has 1 saturated heterocycles. The molecule has 1 aliphatic rings. The highest BCUT2D eigenvalue weighted by molar-refractivity contribution is 6.00.